The average Bonchev–Trinajstić information content (AvgIpc) is 2.24. The monoisotopic (exact) mass is 264 g/mol. The van der Waals surface area contributed by atoms with Crippen LogP contribution in [0.25, 0.3) is 0 Å². The zero-order valence-electron chi connectivity index (χ0n) is 13.1. The predicted molar refractivity (Wildman–Crippen MR) is 82.9 cm³/mol. The molecule has 0 aliphatic carbocycles. The number of anilines is 1. The van der Waals surface area contributed by atoms with Crippen molar-refractivity contribution in [3.63, 3.8) is 0 Å². The normalized spacial score (nSPS) is 14.5. The van der Waals surface area contributed by atoms with Crippen molar-refractivity contribution < 1.29 is 5.11 Å². The highest BCUT2D eigenvalue weighted by Crippen LogP contribution is 2.19. The van der Waals surface area contributed by atoms with Crippen LogP contribution >= 0.6 is 0 Å². The lowest BCUT2D eigenvalue weighted by Gasteiger charge is -2.31. The maximum absolute atomic E-state index is 10.4. The van der Waals surface area contributed by atoms with Crippen molar-refractivity contribution in [3.8, 4) is 0 Å². The molecular formula is C16H28N2O. The molecule has 0 amide bonds. The van der Waals surface area contributed by atoms with Crippen LogP contribution in [-0.2, 0) is 0 Å². The lowest BCUT2D eigenvalue weighted by atomic mass is 10.0. The van der Waals surface area contributed by atoms with E-state index in [9.17, 15) is 5.11 Å². The molecule has 0 bridgehead atoms. The van der Waals surface area contributed by atoms with E-state index in [1.165, 1.54) is 11.1 Å². The van der Waals surface area contributed by atoms with Gasteiger partial charge in [-0.15, -0.1) is 0 Å². The Morgan fingerprint density at radius 3 is 2.21 bits per heavy atom. The Kier molecular flexibility index (Phi) is 5.39. The molecule has 1 rings (SSSR count). The van der Waals surface area contributed by atoms with E-state index in [1.54, 1.807) is 0 Å². The number of nitrogens with zero attached hydrogens (tertiary/aromatic N) is 1. The Hall–Kier alpha value is -1.06. The van der Waals surface area contributed by atoms with Gasteiger partial charge < -0.3 is 15.3 Å². The van der Waals surface area contributed by atoms with Crippen molar-refractivity contribution >= 4 is 5.69 Å². The van der Waals surface area contributed by atoms with Crippen LogP contribution in [0.1, 0.15) is 31.9 Å². The van der Waals surface area contributed by atoms with Gasteiger partial charge in [-0.3, -0.25) is 0 Å². The number of likely N-dealkylation sites (N-methyl/N-ethyl adjacent to an activating group) is 1. The SMILES string of the molecule is Cc1cc(C)cc(N(C)CC(C)(O)CNC(C)C)c1. The molecular weight excluding hydrogens is 236 g/mol. The summed E-state index contributed by atoms with van der Waals surface area (Å²) < 4.78 is 0. The van der Waals surface area contributed by atoms with Gasteiger partial charge >= 0.3 is 0 Å². The predicted octanol–water partition coefficient (Wildman–Crippen LogP) is 2.49. The number of hydrogen-bond acceptors (Lipinski definition) is 3. The van der Waals surface area contributed by atoms with Gasteiger partial charge in [0.25, 0.3) is 0 Å². The Balaban J connectivity index is 2.69. The number of hydrogen-bond donors (Lipinski definition) is 2. The summed E-state index contributed by atoms with van der Waals surface area (Å²) in [5.41, 5.74) is 2.92. The molecule has 0 aliphatic heterocycles. The van der Waals surface area contributed by atoms with Crippen molar-refractivity contribution in [2.24, 2.45) is 0 Å². The third kappa shape index (κ3) is 5.62. The average molecular weight is 264 g/mol. The van der Waals surface area contributed by atoms with Crippen molar-refractivity contribution in [2.45, 2.75) is 46.3 Å². The maximum atomic E-state index is 10.4. The van der Waals surface area contributed by atoms with E-state index < -0.39 is 5.60 Å². The number of benzene rings is 1. The highest BCUT2D eigenvalue weighted by molar-refractivity contribution is 5.50. The fourth-order valence-corrected chi connectivity index (χ4v) is 2.25. The molecule has 1 atom stereocenters. The lowest BCUT2D eigenvalue weighted by molar-refractivity contribution is 0.0656. The first-order chi connectivity index (χ1) is 8.69. The number of nitrogens with one attached hydrogen (secondary N) is 1. The Bertz CT molecular complexity index is 393. The minimum Gasteiger partial charge on any atom is -0.387 e. The van der Waals surface area contributed by atoms with Crippen molar-refractivity contribution in [3.05, 3.63) is 29.3 Å². The first-order valence-electron chi connectivity index (χ1n) is 6.95. The number of rotatable bonds is 6. The van der Waals surface area contributed by atoms with Gasteiger partial charge in [0, 0.05) is 31.9 Å². The third-order valence-corrected chi connectivity index (χ3v) is 3.12. The summed E-state index contributed by atoms with van der Waals surface area (Å²) >= 11 is 0. The second kappa shape index (κ2) is 6.40. The van der Waals surface area contributed by atoms with Crippen molar-refractivity contribution in [1.29, 1.82) is 0 Å². The molecule has 3 nitrogen and oxygen atoms in total. The maximum Gasteiger partial charge on any atom is 0.0917 e. The Morgan fingerprint density at radius 2 is 1.74 bits per heavy atom. The van der Waals surface area contributed by atoms with E-state index in [0.29, 0.717) is 19.1 Å². The van der Waals surface area contributed by atoms with Crippen LogP contribution in [0, 0.1) is 13.8 Å². The standard InChI is InChI=1S/C16H28N2O/c1-12(2)17-10-16(5,19)11-18(6)15-8-13(3)7-14(4)9-15/h7-9,12,17,19H,10-11H2,1-6H3. The second-order valence-electron chi connectivity index (χ2n) is 6.23. The van der Waals surface area contributed by atoms with Crippen LogP contribution in [0.4, 0.5) is 5.69 Å². The van der Waals surface area contributed by atoms with E-state index in [2.05, 4.69) is 56.1 Å². The van der Waals surface area contributed by atoms with Crippen molar-refractivity contribution in [2.75, 3.05) is 25.0 Å². The first-order valence-corrected chi connectivity index (χ1v) is 6.95. The van der Waals surface area contributed by atoms with Crippen LogP contribution < -0.4 is 10.2 Å². The molecule has 1 aromatic rings. The molecule has 2 N–H and O–H groups in total. The van der Waals surface area contributed by atoms with E-state index in [4.69, 9.17) is 0 Å². The van der Waals surface area contributed by atoms with Gasteiger partial charge in [-0.1, -0.05) is 19.9 Å². The molecule has 0 radical (unpaired) electrons. The van der Waals surface area contributed by atoms with E-state index in [1.807, 2.05) is 14.0 Å². The van der Waals surface area contributed by atoms with E-state index in [0.717, 1.165) is 5.69 Å². The third-order valence-electron chi connectivity index (χ3n) is 3.12. The number of aliphatic hydroxyl groups is 1. The van der Waals surface area contributed by atoms with Crippen LogP contribution in [0.3, 0.4) is 0 Å². The Labute approximate surface area is 117 Å². The zero-order chi connectivity index (χ0) is 14.6. The fourth-order valence-electron chi connectivity index (χ4n) is 2.25. The molecule has 19 heavy (non-hydrogen) atoms. The second-order valence-corrected chi connectivity index (χ2v) is 6.23. The summed E-state index contributed by atoms with van der Waals surface area (Å²) in [7, 11) is 2.03. The van der Waals surface area contributed by atoms with Crippen LogP contribution in [0.2, 0.25) is 0 Å². The smallest absolute Gasteiger partial charge is 0.0917 e. The quantitative estimate of drug-likeness (QED) is 0.828. The van der Waals surface area contributed by atoms with Gasteiger partial charge in [-0.2, -0.15) is 0 Å². The molecule has 3 heteroatoms. The minimum atomic E-state index is -0.739. The summed E-state index contributed by atoms with van der Waals surface area (Å²) in [6, 6.07) is 6.85. The fraction of sp³-hybridized carbons (Fsp3) is 0.625. The molecule has 0 aliphatic rings. The summed E-state index contributed by atoms with van der Waals surface area (Å²) in [5.74, 6) is 0. The molecule has 0 heterocycles. The lowest BCUT2D eigenvalue weighted by Crippen LogP contribution is -2.48. The molecule has 108 valence electrons. The molecule has 0 saturated carbocycles. The van der Waals surface area contributed by atoms with E-state index in [-0.39, 0.29) is 0 Å². The van der Waals surface area contributed by atoms with Gasteiger partial charge in [0.15, 0.2) is 0 Å². The molecule has 0 aromatic heterocycles. The van der Waals surface area contributed by atoms with Gasteiger partial charge in [-0.25, -0.2) is 0 Å². The van der Waals surface area contributed by atoms with Crippen molar-refractivity contribution in [1.82, 2.24) is 5.32 Å². The van der Waals surface area contributed by atoms with Crippen LogP contribution in [0.5, 0.6) is 0 Å². The minimum absolute atomic E-state index is 0.387. The summed E-state index contributed by atoms with van der Waals surface area (Å²) in [6.45, 7) is 11.5. The molecule has 1 aromatic carbocycles. The molecule has 0 fully saturated rings. The molecule has 0 saturated heterocycles. The topological polar surface area (TPSA) is 35.5 Å². The summed E-state index contributed by atoms with van der Waals surface area (Å²) in [5, 5.41) is 13.7. The van der Waals surface area contributed by atoms with Gasteiger partial charge in [0.05, 0.1) is 5.60 Å². The summed E-state index contributed by atoms with van der Waals surface area (Å²) in [6.07, 6.45) is 0. The van der Waals surface area contributed by atoms with Gasteiger partial charge in [0.1, 0.15) is 0 Å². The zero-order valence-corrected chi connectivity index (χ0v) is 13.1. The number of aryl methyl sites for hydroxylation is 2. The summed E-state index contributed by atoms with van der Waals surface area (Å²) in [4.78, 5) is 2.11. The molecule has 1 unspecified atom stereocenters. The largest absolute Gasteiger partial charge is 0.387 e. The highest BCUT2D eigenvalue weighted by atomic mass is 16.3. The highest BCUT2D eigenvalue weighted by Gasteiger charge is 2.22. The first kappa shape index (κ1) is 16.0. The molecule has 0 spiro atoms. The van der Waals surface area contributed by atoms with E-state index >= 15 is 0 Å². The van der Waals surface area contributed by atoms with Gasteiger partial charge in [0.2, 0.25) is 0 Å². The van der Waals surface area contributed by atoms with Crippen LogP contribution in [0.15, 0.2) is 18.2 Å². The van der Waals surface area contributed by atoms with Gasteiger partial charge in [-0.05, 0) is 44.0 Å². The Morgan fingerprint density at radius 1 is 1.21 bits per heavy atom. The van der Waals surface area contributed by atoms with Crippen LogP contribution in [-0.4, -0.2) is 36.9 Å².